The Morgan fingerprint density at radius 2 is 1.73 bits per heavy atom. The summed E-state index contributed by atoms with van der Waals surface area (Å²) >= 11 is 0. The highest BCUT2D eigenvalue weighted by Gasteiger charge is 2.12. The average Bonchev–Trinajstić information content (AvgIpc) is 2.61. The van der Waals surface area contributed by atoms with Gasteiger partial charge in [-0.2, -0.15) is 0 Å². The van der Waals surface area contributed by atoms with Crippen molar-refractivity contribution in [1.82, 2.24) is 10.3 Å². The van der Waals surface area contributed by atoms with E-state index < -0.39 is 0 Å². The zero-order valence-corrected chi connectivity index (χ0v) is 15.6. The van der Waals surface area contributed by atoms with Gasteiger partial charge >= 0.3 is 0 Å². The molecular weight excluding hydrogens is 330 g/mol. The first-order valence-corrected chi connectivity index (χ1v) is 8.67. The normalized spacial score (nSPS) is 10.7. The van der Waals surface area contributed by atoms with Crippen LogP contribution in [-0.2, 0) is 0 Å². The summed E-state index contributed by atoms with van der Waals surface area (Å²) < 4.78 is 5.58. The molecule has 0 spiro atoms. The zero-order chi connectivity index (χ0) is 19.1. The van der Waals surface area contributed by atoms with Gasteiger partial charge in [0.15, 0.2) is 0 Å². The molecule has 1 aromatic carbocycles. The maximum Gasteiger partial charge on any atom is 0.269 e. The summed E-state index contributed by atoms with van der Waals surface area (Å²) in [6.45, 7) is 8.48. The number of rotatable bonds is 7. The standard InChI is InChI=1S/C20H25N3O3/c1-13(2)12-22-20(25)18-11-15(9-10-21-18)19(24)23-16-5-7-17(8-6-16)26-14(3)4/h5-11,13-14H,12H2,1-4H3,(H,22,25)(H,23,24). The molecule has 0 aliphatic heterocycles. The number of carbonyl (C=O) groups excluding carboxylic acids is 2. The predicted octanol–water partition coefficient (Wildman–Crippen LogP) is 3.51. The number of nitrogens with zero attached hydrogens (tertiary/aromatic N) is 1. The molecule has 0 saturated heterocycles. The van der Waals surface area contributed by atoms with Crippen LogP contribution in [0.25, 0.3) is 0 Å². The summed E-state index contributed by atoms with van der Waals surface area (Å²) in [4.78, 5) is 28.5. The van der Waals surface area contributed by atoms with E-state index in [0.717, 1.165) is 5.75 Å². The van der Waals surface area contributed by atoms with Crippen LogP contribution < -0.4 is 15.4 Å². The summed E-state index contributed by atoms with van der Waals surface area (Å²) in [6.07, 6.45) is 1.55. The molecule has 0 saturated carbocycles. The highest BCUT2D eigenvalue weighted by Crippen LogP contribution is 2.17. The average molecular weight is 355 g/mol. The van der Waals surface area contributed by atoms with Gasteiger partial charge in [0.1, 0.15) is 11.4 Å². The number of aromatic nitrogens is 1. The third kappa shape index (κ3) is 5.88. The van der Waals surface area contributed by atoms with Gasteiger partial charge in [0.05, 0.1) is 6.10 Å². The first-order chi connectivity index (χ1) is 12.3. The number of hydrogen-bond donors (Lipinski definition) is 2. The highest BCUT2D eigenvalue weighted by atomic mass is 16.5. The lowest BCUT2D eigenvalue weighted by molar-refractivity contribution is 0.0944. The van der Waals surface area contributed by atoms with Gasteiger partial charge in [-0.15, -0.1) is 0 Å². The molecule has 6 heteroatoms. The van der Waals surface area contributed by atoms with Crippen molar-refractivity contribution in [3.05, 3.63) is 53.9 Å². The monoisotopic (exact) mass is 355 g/mol. The van der Waals surface area contributed by atoms with E-state index in [0.29, 0.717) is 23.7 Å². The van der Waals surface area contributed by atoms with Crippen LogP contribution in [0.3, 0.4) is 0 Å². The largest absolute Gasteiger partial charge is 0.491 e. The maximum atomic E-state index is 12.4. The molecule has 26 heavy (non-hydrogen) atoms. The molecule has 0 aliphatic carbocycles. The fourth-order valence-corrected chi connectivity index (χ4v) is 2.18. The van der Waals surface area contributed by atoms with Gasteiger partial charge in [0.2, 0.25) is 0 Å². The molecule has 0 aliphatic rings. The van der Waals surface area contributed by atoms with Crippen molar-refractivity contribution in [2.24, 2.45) is 5.92 Å². The lowest BCUT2D eigenvalue weighted by Gasteiger charge is -2.11. The van der Waals surface area contributed by atoms with Crippen LogP contribution in [0.2, 0.25) is 0 Å². The molecule has 138 valence electrons. The first-order valence-electron chi connectivity index (χ1n) is 8.67. The van der Waals surface area contributed by atoms with Crippen LogP contribution in [0, 0.1) is 5.92 Å². The molecule has 2 amide bonds. The summed E-state index contributed by atoms with van der Waals surface area (Å²) in [5.74, 6) is 0.491. The number of nitrogens with one attached hydrogen (secondary N) is 2. The molecule has 6 nitrogen and oxygen atoms in total. The third-order valence-electron chi connectivity index (χ3n) is 3.41. The van der Waals surface area contributed by atoms with Crippen LogP contribution in [-0.4, -0.2) is 29.4 Å². The van der Waals surface area contributed by atoms with Gasteiger partial charge in [0.25, 0.3) is 11.8 Å². The molecule has 2 rings (SSSR count). The minimum Gasteiger partial charge on any atom is -0.491 e. The molecule has 0 bridgehead atoms. The Balaban J connectivity index is 2.03. The number of benzene rings is 1. The fraction of sp³-hybridized carbons (Fsp3) is 0.350. The smallest absolute Gasteiger partial charge is 0.269 e. The Kier molecular flexibility index (Phi) is 6.72. The van der Waals surface area contributed by atoms with Gasteiger partial charge in [-0.05, 0) is 56.2 Å². The Labute approximate surface area is 154 Å². The van der Waals surface area contributed by atoms with Crippen LogP contribution in [0.15, 0.2) is 42.6 Å². The van der Waals surface area contributed by atoms with Crippen molar-refractivity contribution in [1.29, 1.82) is 0 Å². The van der Waals surface area contributed by atoms with Crippen molar-refractivity contribution < 1.29 is 14.3 Å². The minimum atomic E-state index is -0.303. The molecule has 2 aromatic rings. The van der Waals surface area contributed by atoms with Crippen molar-refractivity contribution in [3.63, 3.8) is 0 Å². The van der Waals surface area contributed by atoms with Gasteiger partial charge in [-0.1, -0.05) is 13.8 Å². The minimum absolute atomic E-state index is 0.0903. The van der Waals surface area contributed by atoms with E-state index in [1.807, 2.05) is 27.7 Å². The lowest BCUT2D eigenvalue weighted by atomic mass is 10.2. The second-order valence-corrected chi connectivity index (χ2v) is 6.68. The van der Waals surface area contributed by atoms with Crippen molar-refractivity contribution in [3.8, 4) is 5.75 Å². The zero-order valence-electron chi connectivity index (χ0n) is 15.6. The molecule has 1 heterocycles. The van der Waals surface area contributed by atoms with E-state index in [9.17, 15) is 9.59 Å². The Bertz CT molecular complexity index is 755. The molecule has 1 aromatic heterocycles. The molecule has 0 unspecified atom stereocenters. The molecule has 0 atom stereocenters. The third-order valence-corrected chi connectivity index (χ3v) is 3.41. The molecular formula is C20H25N3O3. The van der Waals surface area contributed by atoms with Gasteiger partial charge in [-0.3, -0.25) is 14.6 Å². The highest BCUT2D eigenvalue weighted by molar-refractivity contribution is 6.05. The summed E-state index contributed by atoms with van der Waals surface area (Å²) in [7, 11) is 0. The molecule has 0 fully saturated rings. The van der Waals surface area contributed by atoms with E-state index >= 15 is 0 Å². The molecule has 2 N–H and O–H groups in total. The number of hydrogen-bond acceptors (Lipinski definition) is 4. The van der Waals surface area contributed by atoms with Crippen molar-refractivity contribution in [2.75, 3.05) is 11.9 Å². The second kappa shape index (κ2) is 8.99. The van der Waals surface area contributed by atoms with Gasteiger partial charge < -0.3 is 15.4 Å². The summed E-state index contributed by atoms with van der Waals surface area (Å²) in [5.41, 5.74) is 1.24. The Morgan fingerprint density at radius 3 is 2.35 bits per heavy atom. The van der Waals surface area contributed by atoms with E-state index in [1.54, 1.807) is 30.3 Å². The first kappa shape index (κ1) is 19.4. The van der Waals surface area contributed by atoms with Crippen molar-refractivity contribution in [2.45, 2.75) is 33.8 Å². The van der Waals surface area contributed by atoms with E-state index in [2.05, 4.69) is 15.6 Å². The molecule has 0 radical (unpaired) electrons. The maximum absolute atomic E-state index is 12.4. The Hall–Kier alpha value is -2.89. The summed E-state index contributed by atoms with van der Waals surface area (Å²) in [6, 6.07) is 10.2. The summed E-state index contributed by atoms with van der Waals surface area (Å²) in [5, 5.41) is 5.59. The van der Waals surface area contributed by atoms with E-state index in [1.165, 1.54) is 12.3 Å². The topological polar surface area (TPSA) is 80.3 Å². The van der Waals surface area contributed by atoms with Gasteiger partial charge in [0, 0.05) is 24.0 Å². The van der Waals surface area contributed by atoms with Crippen molar-refractivity contribution >= 4 is 17.5 Å². The number of anilines is 1. The van der Waals surface area contributed by atoms with Crippen LogP contribution >= 0.6 is 0 Å². The Morgan fingerprint density at radius 1 is 1.04 bits per heavy atom. The van der Waals surface area contributed by atoms with Crippen LogP contribution in [0.5, 0.6) is 5.75 Å². The van der Waals surface area contributed by atoms with Crippen LogP contribution in [0.1, 0.15) is 48.5 Å². The number of ether oxygens (including phenoxy) is 1. The van der Waals surface area contributed by atoms with Gasteiger partial charge in [-0.25, -0.2) is 0 Å². The second-order valence-electron chi connectivity index (χ2n) is 6.68. The quantitative estimate of drug-likeness (QED) is 0.796. The number of carbonyl (C=O) groups is 2. The lowest BCUT2D eigenvalue weighted by Crippen LogP contribution is -2.28. The van der Waals surface area contributed by atoms with Crippen LogP contribution in [0.4, 0.5) is 5.69 Å². The van der Waals surface area contributed by atoms with E-state index in [-0.39, 0.29) is 23.6 Å². The number of pyridine rings is 1. The number of amides is 2. The van der Waals surface area contributed by atoms with E-state index in [4.69, 9.17) is 4.74 Å². The fourth-order valence-electron chi connectivity index (χ4n) is 2.18. The SMILES string of the molecule is CC(C)CNC(=O)c1cc(C(=O)Nc2ccc(OC(C)C)cc2)ccn1. The predicted molar refractivity (Wildman–Crippen MR) is 102 cm³/mol.